The number of ether oxygens (including phenoxy) is 1. The average Bonchev–Trinajstić information content (AvgIpc) is 3.33. The van der Waals surface area contributed by atoms with Crippen molar-refractivity contribution in [2.45, 2.75) is 32.9 Å². The average molecular weight is 417 g/mol. The van der Waals surface area contributed by atoms with E-state index < -0.39 is 5.97 Å². The Labute approximate surface area is 175 Å². The summed E-state index contributed by atoms with van der Waals surface area (Å²) in [7, 11) is 1.67. The minimum absolute atomic E-state index is 0.0268. The molecule has 156 valence electrons. The number of carboxylic acids is 1. The highest BCUT2D eigenvalue weighted by molar-refractivity contribution is 7.09. The van der Waals surface area contributed by atoms with Gasteiger partial charge < -0.3 is 9.84 Å². The van der Waals surface area contributed by atoms with E-state index in [1.54, 1.807) is 24.6 Å². The van der Waals surface area contributed by atoms with E-state index >= 15 is 0 Å². The first-order valence-corrected chi connectivity index (χ1v) is 10.9. The van der Waals surface area contributed by atoms with Crippen molar-refractivity contribution in [3.63, 3.8) is 0 Å². The van der Waals surface area contributed by atoms with Crippen LogP contribution in [0.25, 0.3) is 0 Å². The lowest BCUT2D eigenvalue weighted by Crippen LogP contribution is -2.34. The lowest BCUT2D eigenvalue weighted by molar-refractivity contribution is -0.137. The topological polar surface area (TPSA) is 78.8 Å². The zero-order valence-corrected chi connectivity index (χ0v) is 17.8. The third kappa shape index (κ3) is 4.29. The Hall–Kier alpha value is -2.03. The summed E-state index contributed by atoms with van der Waals surface area (Å²) < 4.78 is 5.46. The number of fused-ring (bicyclic) bond motifs is 1. The van der Waals surface area contributed by atoms with Gasteiger partial charge in [0.05, 0.1) is 24.0 Å². The number of nitrogens with zero attached hydrogens (tertiary/aromatic N) is 4. The van der Waals surface area contributed by atoms with Crippen molar-refractivity contribution >= 4 is 17.3 Å². The van der Waals surface area contributed by atoms with Crippen LogP contribution in [-0.4, -0.2) is 64.1 Å². The van der Waals surface area contributed by atoms with Gasteiger partial charge in [0.25, 0.3) is 0 Å². The van der Waals surface area contributed by atoms with E-state index in [2.05, 4.69) is 26.7 Å². The number of rotatable bonds is 8. The Morgan fingerprint density at radius 2 is 2.07 bits per heavy atom. The van der Waals surface area contributed by atoms with Crippen molar-refractivity contribution in [2.75, 3.05) is 33.3 Å². The molecule has 0 aliphatic carbocycles. The Morgan fingerprint density at radius 3 is 2.72 bits per heavy atom. The van der Waals surface area contributed by atoms with Crippen LogP contribution in [0.15, 0.2) is 23.8 Å². The third-order valence-corrected chi connectivity index (χ3v) is 7.31. The zero-order chi connectivity index (χ0) is 20.4. The van der Waals surface area contributed by atoms with E-state index in [1.807, 2.05) is 17.6 Å². The summed E-state index contributed by atoms with van der Waals surface area (Å²) in [6.45, 7) is 7.54. The van der Waals surface area contributed by atoms with E-state index in [4.69, 9.17) is 4.74 Å². The number of carboxylic acid groups (broad SMARTS) is 1. The van der Waals surface area contributed by atoms with Crippen LogP contribution in [0.4, 0.5) is 0 Å². The Morgan fingerprint density at radius 1 is 1.31 bits per heavy atom. The molecule has 0 amide bonds. The van der Waals surface area contributed by atoms with Crippen LogP contribution < -0.4 is 4.74 Å². The van der Waals surface area contributed by atoms with Crippen LogP contribution in [-0.2, 0) is 17.9 Å². The molecule has 7 nitrogen and oxygen atoms in total. The number of carbonyl (C=O) groups is 1. The number of aryl methyl sites for hydroxylation is 1. The molecule has 2 aromatic heterocycles. The van der Waals surface area contributed by atoms with Gasteiger partial charge in [0.1, 0.15) is 5.75 Å². The molecule has 0 radical (unpaired) electrons. The summed E-state index contributed by atoms with van der Waals surface area (Å²) in [5.41, 5.74) is 3.99. The van der Waals surface area contributed by atoms with Gasteiger partial charge >= 0.3 is 5.97 Å². The van der Waals surface area contributed by atoms with Gasteiger partial charge in [-0.3, -0.25) is 19.6 Å². The van der Waals surface area contributed by atoms with Crippen LogP contribution >= 0.6 is 11.3 Å². The van der Waals surface area contributed by atoms with Gasteiger partial charge in [0.2, 0.25) is 0 Å². The van der Waals surface area contributed by atoms with Crippen LogP contribution in [0.1, 0.15) is 29.1 Å². The fourth-order valence-corrected chi connectivity index (χ4v) is 5.79. The molecule has 2 saturated heterocycles. The quantitative estimate of drug-likeness (QED) is 0.709. The predicted molar refractivity (Wildman–Crippen MR) is 111 cm³/mol. The molecule has 2 aliphatic heterocycles. The maximum atomic E-state index is 11.3. The second-order valence-electron chi connectivity index (χ2n) is 8.31. The third-order valence-electron chi connectivity index (χ3n) is 6.39. The molecule has 2 aliphatic rings. The zero-order valence-electron chi connectivity index (χ0n) is 17.0. The van der Waals surface area contributed by atoms with Gasteiger partial charge in [0, 0.05) is 62.2 Å². The summed E-state index contributed by atoms with van der Waals surface area (Å²) in [5.74, 6) is 0.580. The molecular formula is C21H28N4O3S. The number of pyridine rings is 1. The van der Waals surface area contributed by atoms with E-state index in [9.17, 15) is 9.90 Å². The summed E-state index contributed by atoms with van der Waals surface area (Å²) >= 11 is 1.71. The number of aliphatic carboxylic acids is 1. The van der Waals surface area contributed by atoms with E-state index in [0.717, 1.165) is 62.8 Å². The fraction of sp³-hybridized carbons (Fsp3) is 0.571. The number of hydrogen-bond acceptors (Lipinski definition) is 7. The summed E-state index contributed by atoms with van der Waals surface area (Å²) in [6.07, 6.45) is 2.75. The summed E-state index contributed by atoms with van der Waals surface area (Å²) in [4.78, 5) is 26.4. The van der Waals surface area contributed by atoms with Gasteiger partial charge in [-0.25, -0.2) is 4.98 Å². The summed E-state index contributed by atoms with van der Waals surface area (Å²) in [5, 5.41) is 9.31. The molecular weight excluding hydrogens is 388 g/mol. The second kappa shape index (κ2) is 8.38. The van der Waals surface area contributed by atoms with Crippen LogP contribution in [0.3, 0.4) is 0 Å². The molecule has 0 aromatic carbocycles. The molecule has 2 unspecified atom stereocenters. The van der Waals surface area contributed by atoms with E-state index in [1.165, 1.54) is 4.88 Å². The molecule has 29 heavy (non-hydrogen) atoms. The first-order valence-electron chi connectivity index (χ1n) is 10.0. The van der Waals surface area contributed by atoms with Gasteiger partial charge in [-0.2, -0.15) is 0 Å². The minimum Gasteiger partial charge on any atom is -0.495 e. The smallest absolute Gasteiger partial charge is 0.303 e. The predicted octanol–water partition coefficient (Wildman–Crippen LogP) is 2.65. The van der Waals surface area contributed by atoms with Crippen molar-refractivity contribution in [3.8, 4) is 5.75 Å². The van der Waals surface area contributed by atoms with E-state index in [-0.39, 0.29) is 11.8 Å². The highest BCUT2D eigenvalue weighted by atomic mass is 32.1. The second-order valence-corrected chi connectivity index (χ2v) is 9.24. The molecule has 0 saturated carbocycles. The van der Waals surface area contributed by atoms with Crippen LogP contribution in [0.2, 0.25) is 0 Å². The summed E-state index contributed by atoms with van der Waals surface area (Å²) in [6, 6.07) is 3.83. The number of thiazole rings is 1. The number of methoxy groups -OCH3 is 1. The first-order chi connectivity index (χ1) is 14.0. The lowest BCUT2D eigenvalue weighted by atomic mass is 9.77. The van der Waals surface area contributed by atoms with Crippen LogP contribution in [0.5, 0.6) is 5.75 Å². The molecule has 4 rings (SSSR count). The SMILES string of the molecule is COc1cccnc1CN1CC2CN(Cc3scnc3C)CC2(CCC(=O)O)C1. The monoisotopic (exact) mass is 416 g/mol. The molecule has 1 N–H and O–H groups in total. The normalized spacial score (nSPS) is 24.7. The molecule has 2 atom stereocenters. The highest BCUT2D eigenvalue weighted by Crippen LogP contribution is 2.47. The minimum atomic E-state index is -0.709. The molecule has 0 spiro atoms. The molecule has 0 bridgehead atoms. The fourth-order valence-electron chi connectivity index (χ4n) is 4.98. The van der Waals surface area contributed by atoms with E-state index in [0.29, 0.717) is 5.92 Å². The lowest BCUT2D eigenvalue weighted by Gasteiger charge is -2.29. The van der Waals surface area contributed by atoms with Crippen molar-refractivity contribution in [2.24, 2.45) is 11.3 Å². The Bertz CT molecular complexity index is 873. The Kier molecular flexibility index (Phi) is 5.85. The van der Waals surface area contributed by atoms with Gasteiger partial charge in [-0.1, -0.05) is 0 Å². The molecule has 2 fully saturated rings. The molecule has 8 heteroatoms. The Balaban J connectivity index is 1.47. The number of hydrogen-bond donors (Lipinski definition) is 1. The maximum Gasteiger partial charge on any atom is 0.303 e. The van der Waals surface area contributed by atoms with Crippen molar-refractivity contribution in [1.82, 2.24) is 19.8 Å². The number of aromatic nitrogens is 2. The molecule has 4 heterocycles. The first kappa shape index (κ1) is 20.3. The highest BCUT2D eigenvalue weighted by Gasteiger charge is 2.52. The maximum absolute atomic E-state index is 11.3. The standard InChI is InChI=1S/C21H28N4O3S/c1-15-19(29-14-23-15)11-25-9-16-8-24(10-17-18(28-2)4-3-7-22-17)12-21(16,13-25)6-5-20(26)27/h3-4,7,14,16H,5-6,8-13H2,1-2H3,(H,26,27). The van der Waals surface area contributed by atoms with Gasteiger partial charge in [-0.15, -0.1) is 11.3 Å². The van der Waals surface area contributed by atoms with Crippen LogP contribution in [0, 0.1) is 18.3 Å². The molecule has 2 aromatic rings. The van der Waals surface area contributed by atoms with Crippen molar-refractivity contribution in [1.29, 1.82) is 0 Å². The van der Waals surface area contributed by atoms with Crippen molar-refractivity contribution in [3.05, 3.63) is 40.1 Å². The van der Waals surface area contributed by atoms with Crippen molar-refractivity contribution < 1.29 is 14.6 Å². The number of likely N-dealkylation sites (tertiary alicyclic amines) is 2. The van der Waals surface area contributed by atoms with Gasteiger partial charge in [-0.05, 0) is 31.4 Å². The van der Waals surface area contributed by atoms with Gasteiger partial charge in [0.15, 0.2) is 0 Å². The largest absolute Gasteiger partial charge is 0.495 e.